The first-order valence-electron chi connectivity index (χ1n) is 10.8. The Labute approximate surface area is 166 Å². The van der Waals surface area contributed by atoms with Crippen molar-refractivity contribution in [1.82, 2.24) is 10.6 Å². The van der Waals surface area contributed by atoms with Crippen molar-refractivity contribution in [3.63, 3.8) is 0 Å². The summed E-state index contributed by atoms with van der Waals surface area (Å²) >= 11 is 0. The van der Waals surface area contributed by atoms with E-state index in [2.05, 4.69) is 10.6 Å². The molecule has 5 saturated carbocycles. The highest BCUT2D eigenvalue weighted by molar-refractivity contribution is 5.97. The molecule has 156 valence electrons. The van der Waals surface area contributed by atoms with Gasteiger partial charge < -0.3 is 15.2 Å². The number of hydrogen-bond acceptors (Lipinski definition) is 5. The van der Waals surface area contributed by atoms with Gasteiger partial charge in [-0.1, -0.05) is 19.3 Å². The normalized spacial score (nSPS) is 37.9. The molecule has 0 aromatic rings. The fourth-order valence-corrected chi connectivity index (χ4v) is 6.47. The molecule has 5 rings (SSSR count). The van der Waals surface area contributed by atoms with Crippen molar-refractivity contribution >= 4 is 17.9 Å². The molecule has 5 aliphatic carbocycles. The standard InChI is InChI=1S/C21H32N2O5/c1-13(17(24)23-19(26)22-16-5-3-2-4-6-16)28-18(25)20-8-14-7-15(9-20)11-21(27,10-14)12-20/h13-16,27H,2-12H2,1H3,(H2,22,23,24,26)/t13-,14-,15+,20?,21?/m1/s1. The van der Waals surface area contributed by atoms with E-state index in [1.807, 2.05) is 0 Å². The van der Waals surface area contributed by atoms with Crippen LogP contribution in [-0.2, 0) is 14.3 Å². The zero-order chi connectivity index (χ0) is 19.9. The highest BCUT2D eigenvalue weighted by atomic mass is 16.5. The van der Waals surface area contributed by atoms with Crippen LogP contribution in [0.5, 0.6) is 0 Å². The molecule has 4 bridgehead atoms. The van der Waals surface area contributed by atoms with Crippen LogP contribution in [0.25, 0.3) is 0 Å². The highest BCUT2D eigenvalue weighted by Crippen LogP contribution is 2.62. The molecule has 0 aromatic carbocycles. The summed E-state index contributed by atoms with van der Waals surface area (Å²) in [5.74, 6) is -0.270. The maximum Gasteiger partial charge on any atom is 0.321 e. The number of ether oxygens (including phenoxy) is 1. The van der Waals surface area contributed by atoms with Gasteiger partial charge in [0.05, 0.1) is 11.0 Å². The number of carbonyl (C=O) groups is 3. The van der Waals surface area contributed by atoms with E-state index in [4.69, 9.17) is 4.74 Å². The summed E-state index contributed by atoms with van der Waals surface area (Å²) in [6.45, 7) is 1.50. The lowest BCUT2D eigenvalue weighted by Gasteiger charge is -2.58. The molecule has 0 spiro atoms. The third-order valence-corrected chi connectivity index (χ3v) is 7.29. The fraction of sp³-hybridized carbons (Fsp3) is 0.857. The van der Waals surface area contributed by atoms with Gasteiger partial charge in [-0.2, -0.15) is 0 Å². The summed E-state index contributed by atoms with van der Waals surface area (Å²) < 4.78 is 5.49. The van der Waals surface area contributed by atoms with Gasteiger partial charge >= 0.3 is 12.0 Å². The Kier molecular flexibility index (Phi) is 5.14. The van der Waals surface area contributed by atoms with E-state index in [-0.39, 0.29) is 6.04 Å². The minimum atomic E-state index is -1.03. The minimum absolute atomic E-state index is 0.104. The number of amides is 3. The Morgan fingerprint density at radius 3 is 2.29 bits per heavy atom. The molecule has 0 radical (unpaired) electrons. The monoisotopic (exact) mass is 392 g/mol. The van der Waals surface area contributed by atoms with E-state index in [0.717, 1.165) is 57.8 Å². The zero-order valence-electron chi connectivity index (χ0n) is 16.7. The quantitative estimate of drug-likeness (QED) is 0.637. The molecule has 0 aliphatic heterocycles. The molecule has 3 amide bonds. The van der Waals surface area contributed by atoms with Gasteiger partial charge in [0.1, 0.15) is 0 Å². The van der Waals surface area contributed by atoms with Crippen molar-refractivity contribution in [3.05, 3.63) is 0 Å². The predicted molar refractivity (Wildman–Crippen MR) is 101 cm³/mol. The maximum absolute atomic E-state index is 12.9. The Morgan fingerprint density at radius 1 is 1.04 bits per heavy atom. The van der Waals surface area contributed by atoms with E-state index in [9.17, 15) is 19.5 Å². The molecular weight excluding hydrogens is 360 g/mol. The summed E-state index contributed by atoms with van der Waals surface area (Å²) in [4.78, 5) is 37.3. The minimum Gasteiger partial charge on any atom is -0.452 e. The van der Waals surface area contributed by atoms with Gasteiger partial charge in [0.25, 0.3) is 5.91 Å². The van der Waals surface area contributed by atoms with Crippen molar-refractivity contribution in [3.8, 4) is 0 Å². The Bertz CT molecular complexity index is 643. The number of carbonyl (C=O) groups excluding carboxylic acids is 3. The van der Waals surface area contributed by atoms with Crippen molar-refractivity contribution < 1.29 is 24.2 Å². The van der Waals surface area contributed by atoms with E-state index in [1.165, 1.54) is 13.3 Å². The van der Waals surface area contributed by atoms with Crippen LogP contribution >= 0.6 is 0 Å². The fourth-order valence-electron chi connectivity index (χ4n) is 6.47. The molecular formula is C21H32N2O5. The smallest absolute Gasteiger partial charge is 0.321 e. The molecule has 7 heteroatoms. The lowest BCUT2D eigenvalue weighted by molar-refractivity contribution is -0.199. The third kappa shape index (κ3) is 3.91. The number of aliphatic hydroxyl groups is 1. The second-order valence-electron chi connectivity index (χ2n) is 9.81. The molecule has 3 N–H and O–H groups in total. The molecule has 0 aromatic heterocycles. The van der Waals surface area contributed by atoms with Gasteiger partial charge in [-0.15, -0.1) is 0 Å². The van der Waals surface area contributed by atoms with Crippen molar-refractivity contribution in [2.45, 2.75) is 95.3 Å². The first-order valence-corrected chi connectivity index (χ1v) is 10.8. The summed E-state index contributed by atoms with van der Waals surface area (Å²) in [5.41, 5.74) is -1.42. The summed E-state index contributed by atoms with van der Waals surface area (Å²) in [6.07, 6.45) is 8.72. The third-order valence-electron chi connectivity index (χ3n) is 7.29. The lowest BCUT2D eigenvalue weighted by Crippen LogP contribution is -2.59. The number of hydrogen-bond donors (Lipinski definition) is 3. The van der Waals surface area contributed by atoms with E-state index in [0.29, 0.717) is 18.3 Å². The number of rotatable bonds is 4. The van der Waals surface area contributed by atoms with Gasteiger partial charge in [0.2, 0.25) is 0 Å². The summed E-state index contributed by atoms with van der Waals surface area (Å²) in [5, 5.41) is 15.9. The summed E-state index contributed by atoms with van der Waals surface area (Å²) in [6, 6.07) is -0.420. The molecule has 5 fully saturated rings. The summed E-state index contributed by atoms with van der Waals surface area (Å²) in [7, 11) is 0. The Hall–Kier alpha value is -1.63. The van der Waals surface area contributed by atoms with Crippen molar-refractivity contribution in [2.75, 3.05) is 0 Å². The topological polar surface area (TPSA) is 105 Å². The number of nitrogens with one attached hydrogen (secondary N) is 2. The van der Waals surface area contributed by atoms with E-state index >= 15 is 0 Å². The van der Waals surface area contributed by atoms with Crippen molar-refractivity contribution in [2.24, 2.45) is 17.3 Å². The largest absolute Gasteiger partial charge is 0.452 e. The zero-order valence-corrected chi connectivity index (χ0v) is 16.7. The van der Waals surface area contributed by atoms with Gasteiger partial charge in [-0.3, -0.25) is 14.9 Å². The maximum atomic E-state index is 12.9. The number of imide groups is 1. The number of urea groups is 1. The molecule has 2 unspecified atom stereocenters. The average molecular weight is 392 g/mol. The highest BCUT2D eigenvalue weighted by Gasteiger charge is 2.61. The van der Waals surface area contributed by atoms with Gasteiger partial charge in [0, 0.05) is 6.04 Å². The van der Waals surface area contributed by atoms with Crippen LogP contribution in [0.2, 0.25) is 0 Å². The van der Waals surface area contributed by atoms with Crippen LogP contribution in [0.1, 0.15) is 77.6 Å². The molecule has 5 aliphatic rings. The van der Waals surface area contributed by atoms with E-state index in [1.54, 1.807) is 0 Å². The Morgan fingerprint density at radius 2 is 1.68 bits per heavy atom. The van der Waals surface area contributed by atoms with Crippen LogP contribution in [0, 0.1) is 17.3 Å². The van der Waals surface area contributed by atoms with Crippen LogP contribution in [0.4, 0.5) is 4.79 Å². The molecule has 28 heavy (non-hydrogen) atoms. The molecule has 7 nitrogen and oxygen atoms in total. The molecule has 0 saturated heterocycles. The molecule has 0 heterocycles. The van der Waals surface area contributed by atoms with Gasteiger partial charge in [-0.25, -0.2) is 4.79 Å². The molecule has 5 atom stereocenters. The first-order chi connectivity index (χ1) is 13.3. The Balaban J connectivity index is 1.30. The van der Waals surface area contributed by atoms with Crippen LogP contribution < -0.4 is 10.6 Å². The SMILES string of the molecule is C[C@@H](OC(=O)C12C[C@@H]3C[C@@H](CC(O)(C3)C1)C2)C(=O)NC(=O)NC1CCCCC1. The van der Waals surface area contributed by atoms with Crippen LogP contribution in [-0.4, -0.2) is 40.8 Å². The lowest BCUT2D eigenvalue weighted by atomic mass is 9.48. The second kappa shape index (κ2) is 7.32. The second-order valence-corrected chi connectivity index (χ2v) is 9.81. The first kappa shape index (κ1) is 19.7. The van der Waals surface area contributed by atoms with Crippen LogP contribution in [0.3, 0.4) is 0 Å². The average Bonchev–Trinajstić information content (AvgIpc) is 2.60. The van der Waals surface area contributed by atoms with Gasteiger partial charge in [0.15, 0.2) is 6.10 Å². The predicted octanol–water partition coefficient (Wildman–Crippen LogP) is 2.41. The van der Waals surface area contributed by atoms with Crippen molar-refractivity contribution in [1.29, 1.82) is 0 Å². The van der Waals surface area contributed by atoms with Gasteiger partial charge in [-0.05, 0) is 70.1 Å². The number of esters is 1. The van der Waals surface area contributed by atoms with E-state index < -0.39 is 35.0 Å². The van der Waals surface area contributed by atoms with Crippen LogP contribution in [0.15, 0.2) is 0 Å².